The molecule has 2 aromatic heterocycles. The molecule has 0 amide bonds. The molecule has 0 fully saturated rings. The largest absolute Gasteiger partial charge is 0.416 e. The Hall–Kier alpha value is -6.52. The monoisotopic (exact) mass is 684 g/mol. The molecule has 0 saturated carbocycles. The minimum atomic E-state index is -4.70. The Bertz CT molecular complexity index is 2820. The molecule has 0 aliphatic heterocycles. The molecule has 2 heterocycles. The maximum atomic E-state index is 14.1. The predicted octanol–water partition coefficient (Wildman–Crippen LogP) is 11.6. The SMILES string of the molecule is Cc1ccc2c3ccccc3n(-c3cc(-c4ccc(C(F)(F)F)cc4C#N)cc(-n4c5ccccc5c5ccc(C(F)(F)F)cc54)c3C#N)c2c1. The third kappa shape index (κ3) is 4.99. The molecule has 0 aliphatic carbocycles. The second kappa shape index (κ2) is 11.3. The molecule has 6 aromatic carbocycles. The fraction of sp³-hybridized carbons (Fsp3) is 0.0732. The Morgan fingerprint density at radius 2 is 1.00 bits per heavy atom. The number of hydrogen-bond acceptors (Lipinski definition) is 2. The quantitative estimate of drug-likeness (QED) is 0.174. The maximum absolute atomic E-state index is 14.1. The number of hydrogen-bond donors (Lipinski definition) is 0. The highest BCUT2D eigenvalue weighted by atomic mass is 19.4. The Morgan fingerprint density at radius 3 is 1.55 bits per heavy atom. The number of nitriles is 2. The third-order valence-electron chi connectivity index (χ3n) is 9.30. The van der Waals surface area contributed by atoms with Crippen LogP contribution in [0.2, 0.25) is 0 Å². The molecule has 0 N–H and O–H groups in total. The number of aromatic nitrogens is 2. The van der Waals surface area contributed by atoms with Gasteiger partial charge in [-0.2, -0.15) is 36.9 Å². The number of aryl methyl sites for hydroxylation is 1. The van der Waals surface area contributed by atoms with E-state index in [0.29, 0.717) is 27.5 Å². The number of rotatable bonds is 3. The summed E-state index contributed by atoms with van der Waals surface area (Å²) in [5, 5.41) is 24.0. The number of alkyl halides is 6. The highest BCUT2D eigenvalue weighted by Crippen LogP contribution is 2.42. The number of nitrogens with zero attached hydrogens (tertiary/aromatic N) is 4. The molecule has 8 aromatic rings. The van der Waals surface area contributed by atoms with Gasteiger partial charge < -0.3 is 9.13 Å². The van der Waals surface area contributed by atoms with Gasteiger partial charge in [0.15, 0.2) is 0 Å². The van der Waals surface area contributed by atoms with Crippen LogP contribution in [0.5, 0.6) is 0 Å². The lowest BCUT2D eigenvalue weighted by atomic mass is 9.95. The van der Waals surface area contributed by atoms with Gasteiger partial charge in [-0.1, -0.05) is 60.7 Å². The van der Waals surface area contributed by atoms with Gasteiger partial charge in [-0.3, -0.25) is 0 Å². The zero-order chi connectivity index (χ0) is 35.8. The molecule has 0 aliphatic rings. The summed E-state index contributed by atoms with van der Waals surface area (Å²) in [5.74, 6) is 0. The Labute approximate surface area is 286 Å². The third-order valence-corrected chi connectivity index (χ3v) is 9.30. The maximum Gasteiger partial charge on any atom is 0.416 e. The van der Waals surface area contributed by atoms with Crippen molar-refractivity contribution in [3.63, 3.8) is 0 Å². The van der Waals surface area contributed by atoms with Gasteiger partial charge in [0, 0.05) is 21.5 Å². The van der Waals surface area contributed by atoms with E-state index in [1.165, 1.54) is 12.1 Å². The number of benzene rings is 6. The van der Waals surface area contributed by atoms with Gasteiger partial charge in [0.2, 0.25) is 0 Å². The summed E-state index contributed by atoms with van der Waals surface area (Å²) in [6.45, 7) is 1.92. The molecule has 10 heteroatoms. The van der Waals surface area contributed by atoms with Crippen molar-refractivity contribution in [3.05, 3.63) is 143 Å². The molecule has 248 valence electrons. The van der Waals surface area contributed by atoms with E-state index in [-0.39, 0.29) is 27.9 Å². The first-order chi connectivity index (χ1) is 24.4. The van der Waals surface area contributed by atoms with Gasteiger partial charge in [0.1, 0.15) is 11.6 Å². The number of fused-ring (bicyclic) bond motifs is 6. The van der Waals surface area contributed by atoms with Gasteiger partial charge in [0.05, 0.1) is 56.2 Å². The summed E-state index contributed by atoms with van der Waals surface area (Å²) in [6.07, 6.45) is -9.37. The molecule has 0 saturated heterocycles. The van der Waals surface area contributed by atoms with Crippen LogP contribution in [0.4, 0.5) is 26.3 Å². The molecule has 4 nitrogen and oxygen atoms in total. The van der Waals surface area contributed by atoms with E-state index in [0.717, 1.165) is 51.6 Å². The van der Waals surface area contributed by atoms with Crippen LogP contribution in [-0.2, 0) is 12.4 Å². The fourth-order valence-electron chi connectivity index (χ4n) is 7.05. The van der Waals surface area contributed by atoms with E-state index in [1.54, 1.807) is 41.0 Å². The van der Waals surface area contributed by atoms with E-state index in [4.69, 9.17) is 0 Å². The fourth-order valence-corrected chi connectivity index (χ4v) is 7.05. The highest BCUT2D eigenvalue weighted by Gasteiger charge is 2.33. The average Bonchev–Trinajstić information content (AvgIpc) is 3.61. The summed E-state index contributed by atoms with van der Waals surface area (Å²) in [5.41, 5.74) is 2.02. The van der Waals surface area contributed by atoms with Crippen molar-refractivity contribution in [1.29, 1.82) is 10.5 Å². The average molecular weight is 685 g/mol. The van der Waals surface area contributed by atoms with Crippen LogP contribution in [-0.4, -0.2) is 9.13 Å². The summed E-state index contributed by atoms with van der Waals surface area (Å²) >= 11 is 0. The van der Waals surface area contributed by atoms with Crippen LogP contribution in [0, 0.1) is 29.6 Å². The normalized spacial score (nSPS) is 12.2. The van der Waals surface area contributed by atoms with Crippen LogP contribution < -0.4 is 0 Å². The molecule has 0 radical (unpaired) electrons. The lowest BCUT2D eigenvalue weighted by molar-refractivity contribution is -0.138. The molecule has 0 bridgehead atoms. The number of para-hydroxylation sites is 2. The lowest BCUT2D eigenvalue weighted by Gasteiger charge is -2.19. The van der Waals surface area contributed by atoms with Crippen molar-refractivity contribution in [2.24, 2.45) is 0 Å². The lowest BCUT2D eigenvalue weighted by Crippen LogP contribution is -2.08. The van der Waals surface area contributed by atoms with Crippen LogP contribution >= 0.6 is 0 Å². The van der Waals surface area contributed by atoms with Crippen molar-refractivity contribution in [1.82, 2.24) is 9.13 Å². The topological polar surface area (TPSA) is 57.4 Å². The van der Waals surface area contributed by atoms with Crippen molar-refractivity contribution >= 4 is 43.6 Å². The van der Waals surface area contributed by atoms with Crippen LogP contribution in [0.15, 0.2) is 115 Å². The zero-order valence-electron chi connectivity index (χ0n) is 26.5. The van der Waals surface area contributed by atoms with Gasteiger partial charge in [-0.05, 0) is 78.2 Å². The standard InChI is InChI=1S/C41H22F6N4/c1-23-10-13-31-29-6-2-4-8-34(29)50(36(31)16-23)37-18-24(28-14-11-26(40(42,43)44)17-25(28)21-48)19-38(33(37)22-49)51-35-9-5-3-7-30(35)32-15-12-27(20-39(32)51)41(45,46)47/h2-20H,1H3. The summed E-state index contributed by atoms with van der Waals surface area (Å²) < 4.78 is 87.1. The molecular weight excluding hydrogens is 662 g/mol. The minimum absolute atomic E-state index is 0.105. The predicted molar refractivity (Wildman–Crippen MR) is 185 cm³/mol. The van der Waals surface area contributed by atoms with Crippen LogP contribution in [0.3, 0.4) is 0 Å². The Balaban J connectivity index is 1.57. The van der Waals surface area contributed by atoms with E-state index < -0.39 is 23.5 Å². The zero-order valence-corrected chi connectivity index (χ0v) is 26.5. The smallest absolute Gasteiger partial charge is 0.308 e. The van der Waals surface area contributed by atoms with Gasteiger partial charge in [-0.25, -0.2) is 0 Å². The summed E-state index contributed by atoms with van der Waals surface area (Å²) in [7, 11) is 0. The van der Waals surface area contributed by atoms with Gasteiger partial charge >= 0.3 is 12.4 Å². The Morgan fingerprint density at radius 1 is 0.510 bits per heavy atom. The van der Waals surface area contributed by atoms with E-state index in [1.807, 2.05) is 60.0 Å². The van der Waals surface area contributed by atoms with Crippen LogP contribution in [0.25, 0.3) is 66.1 Å². The van der Waals surface area contributed by atoms with E-state index >= 15 is 0 Å². The molecule has 51 heavy (non-hydrogen) atoms. The van der Waals surface area contributed by atoms with E-state index in [9.17, 15) is 36.9 Å². The van der Waals surface area contributed by atoms with Gasteiger partial charge in [-0.15, -0.1) is 0 Å². The first-order valence-electron chi connectivity index (χ1n) is 15.7. The molecule has 8 rings (SSSR count). The first kappa shape index (κ1) is 31.7. The molecule has 0 unspecified atom stereocenters. The summed E-state index contributed by atoms with van der Waals surface area (Å²) in [6, 6.07) is 34.2. The van der Waals surface area contributed by atoms with E-state index in [2.05, 4.69) is 6.07 Å². The van der Waals surface area contributed by atoms with Crippen LogP contribution in [0.1, 0.15) is 27.8 Å². The second-order valence-electron chi connectivity index (χ2n) is 12.3. The minimum Gasteiger partial charge on any atom is -0.308 e. The molecule has 0 spiro atoms. The van der Waals surface area contributed by atoms with Crippen molar-refractivity contribution in [2.75, 3.05) is 0 Å². The Kier molecular flexibility index (Phi) is 7.00. The summed E-state index contributed by atoms with van der Waals surface area (Å²) in [4.78, 5) is 0. The van der Waals surface area contributed by atoms with Crippen molar-refractivity contribution < 1.29 is 26.3 Å². The highest BCUT2D eigenvalue weighted by molar-refractivity contribution is 6.11. The molecule has 0 atom stereocenters. The molecular formula is C41H22F6N4. The second-order valence-corrected chi connectivity index (χ2v) is 12.3. The first-order valence-corrected chi connectivity index (χ1v) is 15.7. The van der Waals surface area contributed by atoms with Crippen molar-refractivity contribution in [3.8, 4) is 34.6 Å². The number of halogens is 6. The van der Waals surface area contributed by atoms with Gasteiger partial charge in [0.25, 0.3) is 0 Å². The van der Waals surface area contributed by atoms with Crippen molar-refractivity contribution in [2.45, 2.75) is 19.3 Å².